The Hall–Kier alpha value is -2.99. The van der Waals surface area contributed by atoms with Crippen LogP contribution in [0.1, 0.15) is 17.7 Å². The van der Waals surface area contributed by atoms with Crippen LogP contribution in [-0.4, -0.2) is 69.7 Å². The van der Waals surface area contributed by atoms with Gasteiger partial charge in [-0.25, -0.2) is 12.8 Å². The van der Waals surface area contributed by atoms with Crippen molar-refractivity contribution in [2.75, 3.05) is 31.1 Å². The van der Waals surface area contributed by atoms with Crippen molar-refractivity contribution >= 4 is 15.8 Å². The SMILES string of the molecule is O=S(=O)(c1ccc(F)c(-c2nn[nH]n2)c1)N1CCN(c2cc3c(nn2)CCC3)CC1. The molecule has 1 aliphatic carbocycles. The number of H-pyrrole nitrogens is 1. The molecule has 0 radical (unpaired) electrons. The standard InChI is InChI=1S/C18H19FN8O2S/c19-15-5-4-13(11-14(15)18-22-24-25-23-18)30(28,29)27-8-6-26(7-9-27)17-10-12-2-1-3-16(12)20-21-17/h4-5,10-11H,1-3,6-9H2,(H,22,23,24,25). The molecule has 1 saturated heterocycles. The highest BCUT2D eigenvalue weighted by Gasteiger charge is 2.30. The average Bonchev–Trinajstić information content (AvgIpc) is 3.45. The van der Waals surface area contributed by atoms with Gasteiger partial charge in [-0.2, -0.15) is 14.6 Å². The number of anilines is 1. The van der Waals surface area contributed by atoms with Gasteiger partial charge in [-0.15, -0.1) is 15.3 Å². The zero-order chi connectivity index (χ0) is 20.7. The summed E-state index contributed by atoms with van der Waals surface area (Å²) in [6, 6.07) is 5.67. The lowest BCUT2D eigenvalue weighted by Gasteiger charge is -2.34. The Kier molecular flexibility index (Phi) is 4.66. The first kappa shape index (κ1) is 19.0. The second-order valence-electron chi connectivity index (χ2n) is 7.30. The van der Waals surface area contributed by atoms with Gasteiger partial charge in [-0.05, 0) is 54.3 Å². The first-order valence-electron chi connectivity index (χ1n) is 9.66. The van der Waals surface area contributed by atoms with E-state index in [9.17, 15) is 12.8 Å². The zero-order valence-electron chi connectivity index (χ0n) is 16.0. The van der Waals surface area contributed by atoms with Crippen LogP contribution >= 0.6 is 0 Å². The molecule has 3 aromatic rings. The van der Waals surface area contributed by atoms with Gasteiger partial charge in [0.15, 0.2) is 5.82 Å². The Balaban J connectivity index is 1.34. The number of nitrogens with one attached hydrogen (secondary N) is 1. The predicted molar refractivity (Wildman–Crippen MR) is 105 cm³/mol. The number of halogens is 1. The zero-order valence-corrected chi connectivity index (χ0v) is 16.8. The summed E-state index contributed by atoms with van der Waals surface area (Å²) in [6.07, 6.45) is 3.08. The molecule has 0 spiro atoms. The topological polar surface area (TPSA) is 121 Å². The van der Waals surface area contributed by atoms with Crippen molar-refractivity contribution in [2.24, 2.45) is 0 Å². The summed E-state index contributed by atoms with van der Waals surface area (Å²) in [4.78, 5) is 2.04. The normalized spacial score (nSPS) is 17.3. The average molecular weight is 430 g/mol. The second-order valence-corrected chi connectivity index (χ2v) is 9.23. The van der Waals surface area contributed by atoms with E-state index in [1.54, 1.807) is 0 Å². The molecule has 1 aromatic carbocycles. The van der Waals surface area contributed by atoms with Crippen molar-refractivity contribution in [3.05, 3.63) is 41.3 Å². The third-order valence-corrected chi connectivity index (χ3v) is 7.43. The lowest BCUT2D eigenvalue weighted by atomic mass is 10.2. The van der Waals surface area contributed by atoms with E-state index in [4.69, 9.17) is 0 Å². The molecular formula is C18H19FN8O2S. The molecule has 2 aromatic heterocycles. The van der Waals surface area contributed by atoms with Crippen LogP contribution in [0.4, 0.5) is 10.2 Å². The van der Waals surface area contributed by atoms with E-state index in [1.807, 2.05) is 4.90 Å². The maximum atomic E-state index is 14.1. The summed E-state index contributed by atoms with van der Waals surface area (Å²) in [7, 11) is -3.79. The number of sulfonamides is 1. The molecule has 12 heteroatoms. The number of aryl methyl sites for hydroxylation is 2. The summed E-state index contributed by atoms with van der Waals surface area (Å²) in [6.45, 7) is 1.61. The number of benzene rings is 1. The molecule has 30 heavy (non-hydrogen) atoms. The predicted octanol–water partition coefficient (Wildman–Crippen LogP) is 0.795. The molecule has 1 N–H and O–H groups in total. The van der Waals surface area contributed by atoms with Gasteiger partial charge >= 0.3 is 0 Å². The minimum Gasteiger partial charge on any atom is -0.352 e. The fraction of sp³-hybridized carbons (Fsp3) is 0.389. The smallest absolute Gasteiger partial charge is 0.243 e. The number of tetrazole rings is 1. The number of rotatable bonds is 4. The maximum Gasteiger partial charge on any atom is 0.243 e. The van der Waals surface area contributed by atoms with Crippen molar-refractivity contribution in [2.45, 2.75) is 24.2 Å². The van der Waals surface area contributed by atoms with Gasteiger partial charge in [-0.1, -0.05) is 0 Å². The molecule has 0 bridgehead atoms. The first-order valence-corrected chi connectivity index (χ1v) is 11.1. The van der Waals surface area contributed by atoms with Crippen LogP contribution in [0, 0.1) is 5.82 Å². The van der Waals surface area contributed by atoms with E-state index >= 15 is 0 Å². The number of aromatic nitrogens is 6. The van der Waals surface area contributed by atoms with E-state index < -0.39 is 15.8 Å². The van der Waals surface area contributed by atoms with Gasteiger partial charge < -0.3 is 4.90 Å². The van der Waals surface area contributed by atoms with Crippen LogP contribution < -0.4 is 4.90 Å². The molecule has 0 atom stereocenters. The van der Waals surface area contributed by atoms with Gasteiger partial charge in [0, 0.05) is 26.2 Å². The van der Waals surface area contributed by atoms with E-state index in [0.717, 1.165) is 36.8 Å². The molecule has 10 nitrogen and oxygen atoms in total. The number of hydrogen-bond donors (Lipinski definition) is 1. The molecule has 5 rings (SSSR count). The Morgan fingerprint density at radius 1 is 1.00 bits per heavy atom. The van der Waals surface area contributed by atoms with Gasteiger partial charge in [0.2, 0.25) is 15.8 Å². The summed E-state index contributed by atoms with van der Waals surface area (Å²) < 4.78 is 41.8. The molecule has 0 saturated carbocycles. The van der Waals surface area contributed by atoms with E-state index in [2.05, 4.69) is 36.9 Å². The fourth-order valence-electron chi connectivity index (χ4n) is 3.89. The quantitative estimate of drug-likeness (QED) is 0.645. The second kappa shape index (κ2) is 7.36. The van der Waals surface area contributed by atoms with E-state index in [1.165, 1.54) is 22.0 Å². The monoisotopic (exact) mass is 430 g/mol. The number of piperazine rings is 1. The highest BCUT2D eigenvalue weighted by Crippen LogP contribution is 2.27. The van der Waals surface area contributed by atoms with Crippen LogP contribution in [0.25, 0.3) is 11.4 Å². The molecule has 1 aliphatic heterocycles. The van der Waals surface area contributed by atoms with Crippen molar-refractivity contribution in [1.29, 1.82) is 0 Å². The number of hydrogen-bond acceptors (Lipinski definition) is 8. The minimum atomic E-state index is -3.79. The van der Waals surface area contributed by atoms with Gasteiger partial charge in [0.25, 0.3) is 0 Å². The third kappa shape index (κ3) is 3.31. The molecule has 1 fully saturated rings. The number of nitrogens with zero attached hydrogens (tertiary/aromatic N) is 7. The van der Waals surface area contributed by atoms with Crippen LogP contribution in [0.3, 0.4) is 0 Å². The molecule has 3 heterocycles. The molecule has 156 valence electrons. The maximum absolute atomic E-state index is 14.1. The van der Waals surface area contributed by atoms with Crippen molar-refractivity contribution in [3.8, 4) is 11.4 Å². The van der Waals surface area contributed by atoms with Crippen LogP contribution in [0.15, 0.2) is 29.2 Å². The van der Waals surface area contributed by atoms with Gasteiger partial charge in [0.05, 0.1) is 16.2 Å². The van der Waals surface area contributed by atoms with Crippen LogP contribution in [-0.2, 0) is 22.9 Å². The molecule has 2 aliphatic rings. The highest BCUT2D eigenvalue weighted by molar-refractivity contribution is 7.89. The highest BCUT2D eigenvalue weighted by atomic mass is 32.2. The summed E-state index contributed by atoms with van der Waals surface area (Å²) in [5.74, 6) is 0.175. The Bertz CT molecular complexity index is 1180. The van der Waals surface area contributed by atoms with Gasteiger partial charge in [-0.3, -0.25) is 0 Å². The number of aromatic amines is 1. The minimum absolute atomic E-state index is 0.00422. The molecule has 0 unspecified atom stereocenters. The van der Waals surface area contributed by atoms with E-state index in [0.29, 0.717) is 26.2 Å². The summed E-state index contributed by atoms with van der Waals surface area (Å²) in [5, 5.41) is 21.7. The molecular weight excluding hydrogens is 411 g/mol. The Morgan fingerprint density at radius 2 is 1.83 bits per heavy atom. The fourth-order valence-corrected chi connectivity index (χ4v) is 5.34. The first-order chi connectivity index (χ1) is 14.5. The third-order valence-electron chi connectivity index (χ3n) is 5.53. The van der Waals surface area contributed by atoms with Gasteiger partial charge in [0.1, 0.15) is 5.82 Å². The van der Waals surface area contributed by atoms with Crippen molar-refractivity contribution in [1.82, 2.24) is 35.1 Å². The summed E-state index contributed by atoms with van der Waals surface area (Å²) in [5.41, 5.74) is 2.28. The van der Waals surface area contributed by atoms with Crippen LogP contribution in [0.2, 0.25) is 0 Å². The largest absolute Gasteiger partial charge is 0.352 e. The number of fused-ring (bicyclic) bond motifs is 1. The Labute approximate surface area is 172 Å². The Morgan fingerprint density at radius 3 is 2.60 bits per heavy atom. The van der Waals surface area contributed by atoms with Crippen LogP contribution in [0.5, 0.6) is 0 Å². The lowest BCUT2D eigenvalue weighted by molar-refractivity contribution is 0.383. The summed E-state index contributed by atoms with van der Waals surface area (Å²) >= 11 is 0. The molecule has 0 amide bonds. The van der Waals surface area contributed by atoms with Crippen molar-refractivity contribution in [3.63, 3.8) is 0 Å². The van der Waals surface area contributed by atoms with E-state index in [-0.39, 0.29) is 16.3 Å². The van der Waals surface area contributed by atoms with Crippen molar-refractivity contribution < 1.29 is 12.8 Å². The lowest BCUT2D eigenvalue weighted by Crippen LogP contribution is -2.49.